The average molecular weight is 325 g/mol. The molecule has 0 bridgehead atoms. The molecule has 4 rings (SSSR count). The number of anilines is 1. The van der Waals surface area contributed by atoms with Crippen LogP contribution in [0.3, 0.4) is 0 Å². The van der Waals surface area contributed by atoms with Crippen molar-refractivity contribution in [1.82, 2.24) is 30.0 Å². The fraction of sp³-hybridized carbons (Fsp3) is 0.200. The molecule has 0 saturated heterocycles. The van der Waals surface area contributed by atoms with Gasteiger partial charge in [-0.3, -0.25) is 5.10 Å². The van der Waals surface area contributed by atoms with Crippen molar-refractivity contribution in [3.05, 3.63) is 36.0 Å². The van der Waals surface area contributed by atoms with Gasteiger partial charge in [-0.1, -0.05) is 23.5 Å². The van der Waals surface area contributed by atoms with E-state index in [2.05, 4.69) is 48.6 Å². The van der Waals surface area contributed by atoms with Crippen LogP contribution in [0.4, 0.5) is 5.69 Å². The Morgan fingerprint density at radius 1 is 1.17 bits per heavy atom. The van der Waals surface area contributed by atoms with E-state index in [1.165, 1.54) is 11.3 Å². The van der Waals surface area contributed by atoms with Crippen molar-refractivity contribution in [2.24, 2.45) is 0 Å². The molecule has 8 heteroatoms. The summed E-state index contributed by atoms with van der Waals surface area (Å²) >= 11 is 1.51. The molecule has 3 aromatic heterocycles. The maximum atomic E-state index is 4.67. The molecule has 3 heterocycles. The second-order valence-electron chi connectivity index (χ2n) is 5.51. The van der Waals surface area contributed by atoms with E-state index in [-0.39, 0.29) is 0 Å². The summed E-state index contributed by atoms with van der Waals surface area (Å²) in [5, 5.41) is 21.1. The van der Waals surface area contributed by atoms with Crippen molar-refractivity contribution < 1.29 is 0 Å². The zero-order valence-corrected chi connectivity index (χ0v) is 13.8. The summed E-state index contributed by atoms with van der Waals surface area (Å²) in [7, 11) is 4.05. The number of hydrogen-bond acceptors (Lipinski definition) is 6. The first-order chi connectivity index (χ1) is 11.1. The van der Waals surface area contributed by atoms with Gasteiger partial charge in [0.15, 0.2) is 0 Å². The first-order valence-corrected chi connectivity index (χ1v) is 7.96. The van der Waals surface area contributed by atoms with Crippen LogP contribution in [0.25, 0.3) is 27.1 Å². The third kappa shape index (κ3) is 2.36. The van der Waals surface area contributed by atoms with Crippen LogP contribution in [0.2, 0.25) is 0 Å². The summed E-state index contributed by atoms with van der Waals surface area (Å²) in [6, 6.07) is 10.2. The Kier molecular flexibility index (Phi) is 3.12. The molecule has 1 aromatic carbocycles. The Bertz CT molecular complexity index is 979. The molecule has 4 aromatic rings. The van der Waals surface area contributed by atoms with Gasteiger partial charge in [0, 0.05) is 31.0 Å². The molecular formula is C15H15N7S. The molecule has 116 valence electrons. The number of aromatic nitrogens is 6. The topological polar surface area (TPSA) is 75.0 Å². The highest BCUT2D eigenvalue weighted by Gasteiger charge is 2.16. The van der Waals surface area contributed by atoms with Gasteiger partial charge in [-0.05, 0) is 25.1 Å². The predicted octanol–water partition coefficient (Wildman–Crippen LogP) is 2.62. The van der Waals surface area contributed by atoms with Crippen molar-refractivity contribution in [1.29, 1.82) is 0 Å². The van der Waals surface area contributed by atoms with Crippen LogP contribution in [0, 0.1) is 6.92 Å². The first-order valence-electron chi connectivity index (χ1n) is 7.14. The molecule has 0 aliphatic rings. The van der Waals surface area contributed by atoms with Gasteiger partial charge in [0.2, 0.25) is 10.8 Å². The highest BCUT2D eigenvalue weighted by Crippen LogP contribution is 2.29. The fourth-order valence-corrected chi connectivity index (χ4v) is 3.18. The average Bonchev–Trinajstić information content (AvgIpc) is 3.22. The molecule has 0 atom stereocenters. The number of fused-ring (bicyclic) bond motifs is 1. The third-order valence-electron chi connectivity index (χ3n) is 3.54. The van der Waals surface area contributed by atoms with Gasteiger partial charge in [0.1, 0.15) is 10.7 Å². The van der Waals surface area contributed by atoms with Crippen LogP contribution in [-0.2, 0) is 0 Å². The normalized spacial score (nSPS) is 11.3. The van der Waals surface area contributed by atoms with Crippen molar-refractivity contribution in [3.63, 3.8) is 0 Å². The number of hydrogen-bond donors (Lipinski definition) is 1. The summed E-state index contributed by atoms with van der Waals surface area (Å²) in [5.41, 5.74) is 3.92. The van der Waals surface area contributed by atoms with Crippen LogP contribution in [0.15, 0.2) is 30.3 Å². The van der Waals surface area contributed by atoms with Crippen LogP contribution >= 0.6 is 11.3 Å². The quantitative estimate of drug-likeness (QED) is 0.627. The van der Waals surface area contributed by atoms with Crippen molar-refractivity contribution in [3.8, 4) is 22.1 Å². The minimum atomic E-state index is 0.649. The number of benzene rings is 1. The monoisotopic (exact) mass is 325 g/mol. The van der Waals surface area contributed by atoms with E-state index in [4.69, 9.17) is 0 Å². The molecule has 0 aliphatic carbocycles. The Hall–Kier alpha value is -2.74. The second kappa shape index (κ2) is 5.17. The number of H-pyrrole nitrogens is 1. The molecular weight excluding hydrogens is 310 g/mol. The molecule has 23 heavy (non-hydrogen) atoms. The zero-order chi connectivity index (χ0) is 16.0. The largest absolute Gasteiger partial charge is 0.378 e. The molecule has 0 aliphatic heterocycles. The zero-order valence-electron chi connectivity index (χ0n) is 13.0. The Morgan fingerprint density at radius 2 is 2.04 bits per heavy atom. The summed E-state index contributed by atoms with van der Waals surface area (Å²) in [6.07, 6.45) is 0. The molecule has 7 nitrogen and oxygen atoms in total. The van der Waals surface area contributed by atoms with E-state index >= 15 is 0 Å². The standard InChI is InChI=1S/C15H15N7S/c1-9-7-12(17-16-9)13-18-19-15-22(13)20-14(23-15)10-5-4-6-11(8-10)21(2)3/h4-8H,1-3H3,(H,16,17). The lowest BCUT2D eigenvalue weighted by Crippen LogP contribution is -2.08. The minimum Gasteiger partial charge on any atom is -0.378 e. The number of nitrogens with zero attached hydrogens (tertiary/aromatic N) is 6. The van der Waals surface area contributed by atoms with Crippen LogP contribution in [0.1, 0.15) is 5.69 Å². The van der Waals surface area contributed by atoms with E-state index in [1.54, 1.807) is 4.52 Å². The smallest absolute Gasteiger partial charge is 0.235 e. The van der Waals surface area contributed by atoms with Crippen molar-refractivity contribution >= 4 is 22.0 Å². The van der Waals surface area contributed by atoms with Crippen LogP contribution in [0.5, 0.6) is 0 Å². The number of rotatable bonds is 3. The maximum Gasteiger partial charge on any atom is 0.235 e. The van der Waals surface area contributed by atoms with Gasteiger partial charge in [0.25, 0.3) is 0 Å². The molecule has 1 N–H and O–H groups in total. The molecule has 0 fully saturated rings. The lowest BCUT2D eigenvalue weighted by atomic mass is 10.2. The lowest BCUT2D eigenvalue weighted by molar-refractivity contribution is 0.952. The van der Waals surface area contributed by atoms with E-state index in [1.807, 2.05) is 33.2 Å². The van der Waals surface area contributed by atoms with Gasteiger partial charge in [0.05, 0.1) is 0 Å². The first kappa shape index (κ1) is 13.9. The minimum absolute atomic E-state index is 0.649. The molecule has 0 unspecified atom stereocenters. The van der Waals surface area contributed by atoms with Gasteiger partial charge >= 0.3 is 0 Å². The Labute approximate surface area is 136 Å². The Morgan fingerprint density at radius 3 is 2.78 bits per heavy atom. The highest BCUT2D eigenvalue weighted by molar-refractivity contribution is 7.19. The van der Waals surface area contributed by atoms with Gasteiger partial charge in [-0.15, -0.1) is 10.2 Å². The van der Waals surface area contributed by atoms with E-state index < -0.39 is 0 Å². The number of nitrogens with one attached hydrogen (secondary N) is 1. The molecule has 0 spiro atoms. The molecule has 0 saturated carbocycles. The number of aryl methyl sites for hydroxylation is 1. The maximum absolute atomic E-state index is 4.67. The van der Waals surface area contributed by atoms with Gasteiger partial charge in [-0.25, -0.2) is 0 Å². The van der Waals surface area contributed by atoms with Gasteiger partial charge in [-0.2, -0.15) is 14.7 Å². The van der Waals surface area contributed by atoms with Crippen LogP contribution in [-0.4, -0.2) is 44.1 Å². The predicted molar refractivity (Wildman–Crippen MR) is 90.7 cm³/mol. The third-order valence-corrected chi connectivity index (χ3v) is 4.48. The molecule has 0 amide bonds. The van der Waals surface area contributed by atoms with E-state index in [0.29, 0.717) is 5.82 Å². The summed E-state index contributed by atoms with van der Waals surface area (Å²) in [5.74, 6) is 0.649. The SMILES string of the molecule is Cc1cc(-c2nnc3sc(-c4cccc(N(C)C)c4)nn23)n[nH]1. The van der Waals surface area contributed by atoms with E-state index in [9.17, 15) is 0 Å². The van der Waals surface area contributed by atoms with Crippen LogP contribution < -0.4 is 4.90 Å². The summed E-state index contributed by atoms with van der Waals surface area (Å²) in [6.45, 7) is 1.95. The Balaban J connectivity index is 1.81. The molecule has 0 radical (unpaired) electrons. The van der Waals surface area contributed by atoms with Gasteiger partial charge < -0.3 is 4.90 Å². The fourth-order valence-electron chi connectivity index (χ4n) is 2.34. The summed E-state index contributed by atoms with van der Waals surface area (Å²) in [4.78, 5) is 2.83. The van der Waals surface area contributed by atoms with E-state index in [0.717, 1.165) is 32.6 Å². The second-order valence-corrected chi connectivity index (χ2v) is 6.46. The number of aromatic amines is 1. The lowest BCUT2D eigenvalue weighted by Gasteiger charge is -2.12. The van der Waals surface area contributed by atoms with Crippen molar-refractivity contribution in [2.45, 2.75) is 6.92 Å². The highest BCUT2D eigenvalue weighted by atomic mass is 32.1. The van der Waals surface area contributed by atoms with Crippen molar-refractivity contribution in [2.75, 3.05) is 19.0 Å². The summed E-state index contributed by atoms with van der Waals surface area (Å²) < 4.78 is 1.75.